The predicted molar refractivity (Wildman–Crippen MR) is 79.4 cm³/mol. The Morgan fingerprint density at radius 2 is 2.30 bits per heavy atom. The number of nitrogens with one attached hydrogen (secondary N) is 1. The Balaban J connectivity index is 1.82. The molecule has 3 rings (SSSR count). The van der Waals surface area contributed by atoms with E-state index in [1.165, 1.54) is 17.8 Å². The zero-order chi connectivity index (χ0) is 13.9. The molecule has 20 heavy (non-hydrogen) atoms. The van der Waals surface area contributed by atoms with E-state index in [-0.39, 0.29) is 0 Å². The minimum Gasteiger partial charge on any atom is -0.315 e. The van der Waals surface area contributed by atoms with E-state index in [0.717, 1.165) is 42.0 Å². The third-order valence-corrected chi connectivity index (χ3v) is 4.06. The first kappa shape index (κ1) is 13.4. The second kappa shape index (κ2) is 5.80. The van der Waals surface area contributed by atoms with Crippen LogP contribution in [-0.4, -0.2) is 45.2 Å². The molecule has 106 valence electrons. The van der Waals surface area contributed by atoms with Gasteiger partial charge >= 0.3 is 0 Å². The first-order valence-electron chi connectivity index (χ1n) is 6.78. The van der Waals surface area contributed by atoms with Gasteiger partial charge in [-0.15, -0.1) is 10.2 Å². The van der Waals surface area contributed by atoms with E-state index in [4.69, 9.17) is 0 Å². The highest BCUT2D eigenvalue weighted by atomic mass is 32.1. The molecule has 0 unspecified atom stereocenters. The lowest BCUT2D eigenvalue weighted by atomic mass is 9.97. The molecule has 1 saturated heterocycles. The van der Waals surface area contributed by atoms with Gasteiger partial charge in [0, 0.05) is 24.2 Å². The predicted octanol–water partition coefficient (Wildman–Crippen LogP) is 2.19. The molecule has 0 spiro atoms. The van der Waals surface area contributed by atoms with E-state index in [2.05, 4.69) is 37.4 Å². The molecule has 0 saturated carbocycles. The molecule has 1 aliphatic heterocycles. The molecule has 7 heteroatoms. The Morgan fingerprint density at radius 1 is 1.40 bits per heavy atom. The number of rotatable bonds is 3. The Morgan fingerprint density at radius 3 is 3.05 bits per heavy atom. The quantitative estimate of drug-likeness (QED) is 0.934. The van der Waals surface area contributed by atoms with E-state index in [1.54, 1.807) is 5.51 Å². The molecule has 1 atom stereocenters. The number of anilines is 2. The highest BCUT2D eigenvalue weighted by Gasteiger charge is 2.22. The summed E-state index contributed by atoms with van der Waals surface area (Å²) >= 11 is 1.46. The lowest BCUT2D eigenvalue weighted by Gasteiger charge is -2.28. The number of likely N-dealkylation sites (N-methyl/N-ethyl adjacent to an activating group) is 1. The van der Waals surface area contributed by atoms with Crippen LogP contribution in [0.25, 0.3) is 0 Å². The Hall–Kier alpha value is -1.60. The third kappa shape index (κ3) is 3.10. The maximum Gasteiger partial charge on any atom is 0.210 e. The van der Waals surface area contributed by atoms with Crippen molar-refractivity contribution in [1.82, 2.24) is 25.1 Å². The topological polar surface area (TPSA) is 66.8 Å². The standard InChI is InChI=1S/C13H18N6S/c1-9-6-11(17-13-18-14-8-20-13)16-12(15-9)10-4-3-5-19(2)7-10/h6,8,10H,3-5,7H2,1-2H3,(H,15,16,17,18)/t10-/m0/s1. The molecule has 0 radical (unpaired) electrons. The van der Waals surface area contributed by atoms with Crippen molar-refractivity contribution in [2.45, 2.75) is 25.7 Å². The molecule has 2 aromatic rings. The molecule has 6 nitrogen and oxygen atoms in total. The minimum absolute atomic E-state index is 0.420. The smallest absolute Gasteiger partial charge is 0.210 e. The summed E-state index contributed by atoms with van der Waals surface area (Å²) in [6, 6.07) is 1.94. The number of hydrogen-bond donors (Lipinski definition) is 1. The maximum absolute atomic E-state index is 4.66. The van der Waals surface area contributed by atoms with Gasteiger partial charge in [-0.05, 0) is 33.4 Å². The SMILES string of the molecule is Cc1cc(Nc2nncs2)nc([C@H]2CCCN(C)C2)n1. The monoisotopic (exact) mass is 290 g/mol. The normalized spacial score (nSPS) is 20.0. The molecular formula is C13H18N6S. The molecule has 1 aliphatic rings. The van der Waals surface area contributed by atoms with Gasteiger partial charge in [0.25, 0.3) is 0 Å². The van der Waals surface area contributed by atoms with E-state index < -0.39 is 0 Å². The second-order valence-electron chi connectivity index (χ2n) is 5.22. The van der Waals surface area contributed by atoms with Gasteiger partial charge in [-0.1, -0.05) is 11.3 Å². The fourth-order valence-electron chi connectivity index (χ4n) is 2.55. The van der Waals surface area contributed by atoms with Gasteiger partial charge in [0.1, 0.15) is 17.2 Å². The summed E-state index contributed by atoms with van der Waals surface area (Å²) in [4.78, 5) is 11.6. The van der Waals surface area contributed by atoms with E-state index in [0.29, 0.717) is 5.92 Å². The van der Waals surface area contributed by atoms with Gasteiger partial charge in [-0.3, -0.25) is 0 Å². The molecular weight excluding hydrogens is 272 g/mol. The van der Waals surface area contributed by atoms with Crippen molar-refractivity contribution in [1.29, 1.82) is 0 Å². The van der Waals surface area contributed by atoms with Gasteiger partial charge in [-0.25, -0.2) is 9.97 Å². The number of nitrogens with zero attached hydrogens (tertiary/aromatic N) is 5. The largest absolute Gasteiger partial charge is 0.315 e. The summed E-state index contributed by atoms with van der Waals surface area (Å²) in [5.74, 6) is 2.16. The van der Waals surface area contributed by atoms with Crippen LogP contribution in [0.5, 0.6) is 0 Å². The van der Waals surface area contributed by atoms with Crippen LogP contribution in [0.3, 0.4) is 0 Å². The second-order valence-corrected chi connectivity index (χ2v) is 6.06. The van der Waals surface area contributed by atoms with Crippen LogP contribution in [0.15, 0.2) is 11.6 Å². The third-order valence-electron chi connectivity index (χ3n) is 3.46. The number of likely N-dealkylation sites (tertiary alicyclic amines) is 1. The summed E-state index contributed by atoms with van der Waals surface area (Å²) in [6.45, 7) is 4.20. The summed E-state index contributed by atoms with van der Waals surface area (Å²) in [5.41, 5.74) is 2.68. The van der Waals surface area contributed by atoms with Crippen LogP contribution in [0, 0.1) is 6.92 Å². The van der Waals surface area contributed by atoms with Gasteiger partial charge in [-0.2, -0.15) is 0 Å². The van der Waals surface area contributed by atoms with Crippen molar-refractivity contribution in [2.75, 3.05) is 25.5 Å². The zero-order valence-electron chi connectivity index (χ0n) is 11.7. The lowest BCUT2D eigenvalue weighted by molar-refractivity contribution is 0.246. The zero-order valence-corrected chi connectivity index (χ0v) is 12.5. The number of hydrogen-bond acceptors (Lipinski definition) is 7. The summed E-state index contributed by atoms with van der Waals surface area (Å²) in [5, 5.41) is 11.8. The number of aryl methyl sites for hydroxylation is 1. The average Bonchev–Trinajstić information content (AvgIpc) is 2.91. The van der Waals surface area contributed by atoms with Gasteiger partial charge in [0.15, 0.2) is 0 Å². The fraction of sp³-hybridized carbons (Fsp3) is 0.538. The van der Waals surface area contributed by atoms with Crippen molar-refractivity contribution in [3.8, 4) is 0 Å². The van der Waals surface area contributed by atoms with Crippen molar-refractivity contribution >= 4 is 22.3 Å². The lowest BCUT2D eigenvalue weighted by Crippen LogP contribution is -2.31. The van der Waals surface area contributed by atoms with Crippen LogP contribution < -0.4 is 5.32 Å². The molecule has 0 bridgehead atoms. The molecule has 0 aliphatic carbocycles. The maximum atomic E-state index is 4.66. The molecule has 0 amide bonds. The van der Waals surface area contributed by atoms with E-state index in [1.807, 2.05) is 13.0 Å². The average molecular weight is 290 g/mol. The van der Waals surface area contributed by atoms with Gasteiger partial charge in [0.2, 0.25) is 5.13 Å². The highest BCUT2D eigenvalue weighted by molar-refractivity contribution is 7.13. The Bertz CT molecular complexity index is 570. The number of aromatic nitrogens is 4. The molecule has 2 aromatic heterocycles. The van der Waals surface area contributed by atoms with Crippen molar-refractivity contribution < 1.29 is 0 Å². The van der Waals surface area contributed by atoms with Crippen molar-refractivity contribution in [2.24, 2.45) is 0 Å². The van der Waals surface area contributed by atoms with E-state index >= 15 is 0 Å². The first-order chi connectivity index (χ1) is 9.70. The van der Waals surface area contributed by atoms with Gasteiger partial charge < -0.3 is 10.2 Å². The first-order valence-corrected chi connectivity index (χ1v) is 7.66. The van der Waals surface area contributed by atoms with Crippen LogP contribution >= 0.6 is 11.3 Å². The van der Waals surface area contributed by atoms with Crippen molar-refractivity contribution in [3.63, 3.8) is 0 Å². The molecule has 1 fully saturated rings. The van der Waals surface area contributed by atoms with Crippen LogP contribution in [0.4, 0.5) is 10.9 Å². The summed E-state index contributed by atoms with van der Waals surface area (Å²) in [6.07, 6.45) is 2.36. The van der Waals surface area contributed by atoms with Crippen LogP contribution in [0.2, 0.25) is 0 Å². The summed E-state index contributed by atoms with van der Waals surface area (Å²) < 4.78 is 0. The molecule has 0 aromatic carbocycles. The minimum atomic E-state index is 0.420. The Kier molecular flexibility index (Phi) is 3.88. The number of piperidine rings is 1. The van der Waals surface area contributed by atoms with Crippen LogP contribution in [0.1, 0.15) is 30.3 Å². The molecule has 1 N–H and O–H groups in total. The Labute approximate surface area is 122 Å². The van der Waals surface area contributed by atoms with Gasteiger partial charge in [0.05, 0.1) is 0 Å². The van der Waals surface area contributed by atoms with E-state index in [9.17, 15) is 0 Å². The molecule has 3 heterocycles. The van der Waals surface area contributed by atoms with Crippen molar-refractivity contribution in [3.05, 3.63) is 23.1 Å². The highest BCUT2D eigenvalue weighted by Crippen LogP contribution is 2.25. The fourth-order valence-corrected chi connectivity index (χ4v) is 3.00. The van der Waals surface area contributed by atoms with Crippen LogP contribution in [-0.2, 0) is 0 Å². The summed E-state index contributed by atoms with van der Waals surface area (Å²) in [7, 11) is 2.16.